The number of carbonyl (C=O) groups is 1. The van der Waals surface area contributed by atoms with Crippen LogP contribution >= 0.6 is 0 Å². The van der Waals surface area contributed by atoms with Crippen molar-refractivity contribution in [2.75, 3.05) is 5.75 Å². The number of benzene rings is 2. The maximum atomic E-state index is 13.0. The van der Waals surface area contributed by atoms with Gasteiger partial charge in [0.2, 0.25) is 10.0 Å². The zero-order valence-corrected chi connectivity index (χ0v) is 18.3. The van der Waals surface area contributed by atoms with Crippen molar-refractivity contribution in [2.45, 2.75) is 26.2 Å². The summed E-state index contributed by atoms with van der Waals surface area (Å²) in [5.74, 6) is -0.661. The Balaban J connectivity index is 1.85. The summed E-state index contributed by atoms with van der Waals surface area (Å²) in [6, 6.07) is 20.8. The quantitative estimate of drug-likeness (QED) is 0.424. The summed E-state index contributed by atoms with van der Waals surface area (Å²) in [6.07, 6.45) is 8.15. The molecule has 1 amide bonds. The molecule has 0 aliphatic carbocycles. The molecule has 0 fully saturated rings. The number of hydrogen-bond acceptors (Lipinski definition) is 4. The smallest absolute Gasteiger partial charge is 0.268 e. The van der Waals surface area contributed by atoms with Gasteiger partial charge in [-0.25, -0.2) is 12.7 Å². The van der Waals surface area contributed by atoms with Crippen molar-refractivity contribution < 1.29 is 13.2 Å². The van der Waals surface area contributed by atoms with Gasteiger partial charge >= 0.3 is 0 Å². The molecule has 3 aromatic rings. The van der Waals surface area contributed by atoms with Crippen LogP contribution in [-0.2, 0) is 10.0 Å². The summed E-state index contributed by atoms with van der Waals surface area (Å²) in [5.41, 5.74) is 3.25. The fourth-order valence-corrected chi connectivity index (χ4v) is 4.48. The van der Waals surface area contributed by atoms with Crippen molar-refractivity contribution in [1.29, 1.82) is 0 Å². The molecule has 0 unspecified atom stereocenters. The molecule has 0 bridgehead atoms. The van der Waals surface area contributed by atoms with E-state index in [1.54, 1.807) is 6.08 Å². The Morgan fingerprint density at radius 1 is 0.903 bits per heavy atom. The van der Waals surface area contributed by atoms with Gasteiger partial charge in [-0.05, 0) is 41.3 Å². The summed E-state index contributed by atoms with van der Waals surface area (Å²) in [5, 5.41) is 0. The first-order valence-electron chi connectivity index (χ1n) is 10.3. The van der Waals surface area contributed by atoms with Crippen LogP contribution in [-0.4, -0.2) is 29.4 Å². The monoisotopic (exact) mass is 434 g/mol. The highest BCUT2D eigenvalue weighted by Gasteiger charge is 2.26. The van der Waals surface area contributed by atoms with E-state index in [9.17, 15) is 13.2 Å². The molecule has 0 aliphatic heterocycles. The molecule has 160 valence electrons. The minimum absolute atomic E-state index is 0.0745. The van der Waals surface area contributed by atoms with Gasteiger partial charge in [-0.2, -0.15) is 0 Å². The van der Waals surface area contributed by atoms with Gasteiger partial charge in [0.1, 0.15) is 0 Å². The molecule has 0 N–H and O–H groups in total. The second-order valence-corrected chi connectivity index (χ2v) is 9.13. The van der Waals surface area contributed by atoms with Crippen LogP contribution < -0.4 is 0 Å². The zero-order chi connectivity index (χ0) is 22.1. The van der Waals surface area contributed by atoms with E-state index in [2.05, 4.69) is 4.98 Å². The predicted octanol–water partition coefficient (Wildman–Crippen LogP) is 5.38. The first-order chi connectivity index (χ1) is 15.0. The number of aromatic nitrogens is 1. The van der Waals surface area contributed by atoms with Gasteiger partial charge in [0.25, 0.3) is 5.91 Å². The molecule has 6 heteroatoms. The summed E-state index contributed by atoms with van der Waals surface area (Å²) in [7, 11) is -3.79. The van der Waals surface area contributed by atoms with E-state index in [0.717, 1.165) is 33.8 Å². The molecule has 1 heterocycles. The van der Waals surface area contributed by atoms with Gasteiger partial charge in [0, 0.05) is 24.2 Å². The summed E-state index contributed by atoms with van der Waals surface area (Å²) >= 11 is 0. The van der Waals surface area contributed by atoms with E-state index in [4.69, 9.17) is 0 Å². The molecule has 0 aliphatic rings. The van der Waals surface area contributed by atoms with Crippen molar-refractivity contribution in [1.82, 2.24) is 9.29 Å². The van der Waals surface area contributed by atoms with Crippen LogP contribution in [0.15, 0.2) is 85.3 Å². The zero-order valence-electron chi connectivity index (χ0n) is 17.5. The third-order valence-corrected chi connectivity index (χ3v) is 6.54. The Labute approximate surface area is 184 Å². The summed E-state index contributed by atoms with van der Waals surface area (Å²) in [6.45, 7) is 2.01. The minimum Gasteiger partial charge on any atom is -0.268 e. The van der Waals surface area contributed by atoms with E-state index >= 15 is 0 Å². The second-order valence-electron chi connectivity index (χ2n) is 7.16. The maximum absolute atomic E-state index is 13.0. The lowest BCUT2D eigenvalue weighted by molar-refractivity contribution is 0.0899. The molecular weight excluding hydrogens is 408 g/mol. The molecule has 2 aromatic carbocycles. The lowest BCUT2D eigenvalue weighted by Gasteiger charge is -2.19. The average Bonchev–Trinajstić information content (AvgIpc) is 2.80. The number of unbranched alkanes of at least 4 members (excludes halogenated alkanes) is 2. The number of sulfonamides is 1. The molecule has 0 saturated carbocycles. The summed E-state index contributed by atoms with van der Waals surface area (Å²) in [4.78, 5) is 16.9. The Hall–Kier alpha value is -3.25. The number of hydrogen-bond donors (Lipinski definition) is 0. The van der Waals surface area contributed by atoms with E-state index in [0.29, 0.717) is 6.42 Å². The number of carbonyl (C=O) groups excluding carboxylic acids is 1. The molecule has 0 atom stereocenters. The van der Waals surface area contributed by atoms with Crippen LogP contribution in [0, 0.1) is 0 Å². The largest absolute Gasteiger partial charge is 0.271 e. The first-order valence-corrected chi connectivity index (χ1v) is 11.9. The predicted molar refractivity (Wildman–Crippen MR) is 125 cm³/mol. The van der Waals surface area contributed by atoms with Crippen molar-refractivity contribution in [2.24, 2.45) is 0 Å². The Morgan fingerprint density at radius 3 is 2.19 bits per heavy atom. The highest BCUT2D eigenvalue weighted by molar-refractivity contribution is 7.89. The molecule has 5 nitrogen and oxygen atoms in total. The highest BCUT2D eigenvalue weighted by atomic mass is 32.2. The van der Waals surface area contributed by atoms with E-state index in [1.807, 2.05) is 61.5 Å². The van der Waals surface area contributed by atoms with Gasteiger partial charge in [-0.15, -0.1) is 0 Å². The fraction of sp³-hybridized carbons (Fsp3) is 0.200. The normalized spacial score (nSPS) is 11.5. The highest BCUT2D eigenvalue weighted by Crippen LogP contribution is 2.20. The molecule has 3 rings (SSSR count). The standard InChI is InChI=1S/C25H26N2O3S/c1-2-3-7-20-31(29,30)27(25(28)24-14-17-26-18-15-24)19-16-21-10-12-23(13-11-21)22-8-5-4-6-9-22/h4-6,8-19H,2-3,7,20H2,1H3. The van der Waals surface area contributed by atoms with Crippen molar-refractivity contribution in [3.63, 3.8) is 0 Å². The molecular formula is C25H26N2O3S. The van der Waals surface area contributed by atoms with Crippen LogP contribution in [0.5, 0.6) is 0 Å². The number of amides is 1. The van der Waals surface area contributed by atoms with E-state index in [1.165, 1.54) is 30.7 Å². The Kier molecular flexibility index (Phi) is 7.73. The Morgan fingerprint density at radius 2 is 1.55 bits per heavy atom. The van der Waals surface area contributed by atoms with Crippen LogP contribution in [0.4, 0.5) is 0 Å². The van der Waals surface area contributed by atoms with Crippen LogP contribution in [0.3, 0.4) is 0 Å². The molecule has 1 aromatic heterocycles. The molecule has 31 heavy (non-hydrogen) atoms. The molecule has 0 radical (unpaired) electrons. The van der Waals surface area contributed by atoms with Crippen molar-refractivity contribution >= 4 is 22.0 Å². The molecule has 0 spiro atoms. The number of rotatable bonds is 9. The second kappa shape index (κ2) is 10.7. The van der Waals surface area contributed by atoms with Gasteiger partial charge in [0.05, 0.1) is 5.75 Å². The topological polar surface area (TPSA) is 67.3 Å². The third kappa shape index (κ3) is 6.12. The van der Waals surface area contributed by atoms with Gasteiger partial charge in [-0.3, -0.25) is 9.78 Å². The van der Waals surface area contributed by atoms with E-state index in [-0.39, 0.29) is 11.3 Å². The van der Waals surface area contributed by atoms with E-state index < -0.39 is 15.9 Å². The SMILES string of the molecule is CCCCCS(=O)(=O)N(C=Cc1ccc(-c2ccccc2)cc1)C(=O)c1ccncc1. The van der Waals surface area contributed by atoms with Crippen LogP contribution in [0.2, 0.25) is 0 Å². The van der Waals surface area contributed by atoms with Gasteiger partial charge < -0.3 is 0 Å². The number of pyridine rings is 1. The lowest BCUT2D eigenvalue weighted by Crippen LogP contribution is -2.34. The first kappa shape index (κ1) is 22.4. The maximum Gasteiger partial charge on any atom is 0.271 e. The van der Waals surface area contributed by atoms with Crippen molar-refractivity contribution in [3.05, 3.63) is 96.5 Å². The minimum atomic E-state index is -3.79. The lowest BCUT2D eigenvalue weighted by atomic mass is 10.0. The molecule has 0 saturated heterocycles. The third-order valence-electron chi connectivity index (χ3n) is 4.85. The Bertz CT molecular complexity index is 1110. The number of nitrogens with zero attached hydrogens (tertiary/aromatic N) is 2. The van der Waals surface area contributed by atoms with Crippen LogP contribution in [0.1, 0.15) is 42.1 Å². The van der Waals surface area contributed by atoms with Crippen LogP contribution in [0.25, 0.3) is 17.2 Å². The fourth-order valence-electron chi connectivity index (χ4n) is 3.11. The summed E-state index contributed by atoms with van der Waals surface area (Å²) < 4.78 is 26.7. The van der Waals surface area contributed by atoms with Gasteiger partial charge in [0.15, 0.2) is 0 Å². The van der Waals surface area contributed by atoms with Crippen molar-refractivity contribution in [3.8, 4) is 11.1 Å². The van der Waals surface area contributed by atoms with Gasteiger partial charge in [-0.1, -0.05) is 74.4 Å². The average molecular weight is 435 g/mol.